The summed E-state index contributed by atoms with van der Waals surface area (Å²) in [6.07, 6.45) is 8.20. The van der Waals surface area contributed by atoms with Gasteiger partial charge in [0, 0.05) is 43.3 Å². The van der Waals surface area contributed by atoms with Crippen LogP contribution in [0.4, 0.5) is 0 Å². The lowest BCUT2D eigenvalue weighted by Gasteiger charge is -2.32. The molecule has 2 bridgehead atoms. The number of rotatable bonds is 5. The standard InChI is InChI=1S/C17H31N3OS.HI/c1-5-17(6-2,22-4)11-19-16(18-3)20-9-12-13(10-20)15-8-7-14(12)21-15;/h12-15H,5-11H2,1-4H3,(H,18,19);1H. The Labute approximate surface area is 162 Å². The first kappa shape index (κ1) is 19.6. The first-order chi connectivity index (χ1) is 10.7. The van der Waals surface area contributed by atoms with Crippen molar-refractivity contribution in [3.05, 3.63) is 0 Å². The van der Waals surface area contributed by atoms with Gasteiger partial charge in [-0.3, -0.25) is 4.99 Å². The lowest BCUT2D eigenvalue weighted by molar-refractivity contribution is 0.0767. The SMILES string of the molecule is CCC(CC)(CNC(=NC)N1CC2C3CCC(O3)C2C1)SC.I. The number of nitrogens with zero attached hydrogens (tertiary/aromatic N) is 2. The third-order valence-corrected chi connectivity index (χ3v) is 7.84. The number of halogens is 1. The van der Waals surface area contributed by atoms with Crippen LogP contribution in [0.5, 0.6) is 0 Å². The number of aliphatic imine (C=N–C) groups is 1. The minimum atomic E-state index is 0. The molecule has 0 aliphatic carbocycles. The second-order valence-electron chi connectivity index (χ2n) is 7.02. The van der Waals surface area contributed by atoms with Gasteiger partial charge in [-0.15, -0.1) is 24.0 Å². The second kappa shape index (κ2) is 8.13. The average molecular weight is 453 g/mol. The molecular formula is C17H32IN3OS. The molecule has 0 aromatic rings. The van der Waals surface area contributed by atoms with Gasteiger partial charge in [0.25, 0.3) is 0 Å². The number of fused-ring (bicyclic) bond motifs is 5. The Balaban J connectivity index is 0.00000192. The van der Waals surface area contributed by atoms with Crippen LogP contribution >= 0.6 is 35.7 Å². The molecule has 4 unspecified atom stereocenters. The van der Waals surface area contributed by atoms with Gasteiger partial charge < -0.3 is 15.0 Å². The Kier molecular flexibility index (Phi) is 6.94. The summed E-state index contributed by atoms with van der Waals surface area (Å²) in [7, 11) is 1.92. The summed E-state index contributed by atoms with van der Waals surface area (Å²) in [6.45, 7) is 7.83. The number of hydrogen-bond donors (Lipinski definition) is 1. The fourth-order valence-corrected chi connectivity index (χ4v) is 5.36. The van der Waals surface area contributed by atoms with Crippen LogP contribution in [0.15, 0.2) is 4.99 Å². The van der Waals surface area contributed by atoms with E-state index in [1.807, 2.05) is 18.8 Å². The molecule has 3 aliphatic heterocycles. The van der Waals surface area contributed by atoms with Crippen LogP contribution in [0.1, 0.15) is 39.5 Å². The van der Waals surface area contributed by atoms with Crippen molar-refractivity contribution in [2.24, 2.45) is 16.8 Å². The van der Waals surface area contributed by atoms with Crippen LogP contribution < -0.4 is 5.32 Å². The third kappa shape index (κ3) is 3.64. The molecule has 4 nitrogen and oxygen atoms in total. The van der Waals surface area contributed by atoms with Gasteiger partial charge >= 0.3 is 0 Å². The molecule has 1 N–H and O–H groups in total. The van der Waals surface area contributed by atoms with Crippen LogP contribution in [0.2, 0.25) is 0 Å². The molecule has 3 aliphatic rings. The molecule has 3 heterocycles. The van der Waals surface area contributed by atoms with Gasteiger partial charge in [-0.25, -0.2) is 0 Å². The molecule has 0 spiro atoms. The Morgan fingerprint density at radius 2 is 1.78 bits per heavy atom. The quantitative estimate of drug-likeness (QED) is 0.394. The van der Waals surface area contributed by atoms with Crippen molar-refractivity contribution in [2.45, 2.75) is 56.5 Å². The summed E-state index contributed by atoms with van der Waals surface area (Å²) in [5, 5.41) is 3.66. The molecule has 0 aromatic carbocycles. The molecule has 23 heavy (non-hydrogen) atoms. The second-order valence-corrected chi connectivity index (χ2v) is 8.29. The molecule has 3 saturated heterocycles. The topological polar surface area (TPSA) is 36.9 Å². The maximum atomic E-state index is 6.08. The van der Waals surface area contributed by atoms with Crippen molar-refractivity contribution in [3.8, 4) is 0 Å². The van der Waals surface area contributed by atoms with E-state index in [2.05, 4.69) is 35.3 Å². The summed E-state index contributed by atoms with van der Waals surface area (Å²) < 4.78 is 6.40. The van der Waals surface area contributed by atoms with Crippen molar-refractivity contribution in [3.63, 3.8) is 0 Å². The van der Waals surface area contributed by atoms with Gasteiger partial charge in [-0.05, 0) is 31.9 Å². The zero-order chi connectivity index (χ0) is 15.7. The Morgan fingerprint density at radius 3 is 2.22 bits per heavy atom. The van der Waals surface area contributed by atoms with Crippen LogP contribution in [0, 0.1) is 11.8 Å². The van der Waals surface area contributed by atoms with Gasteiger partial charge in [0.1, 0.15) is 0 Å². The summed E-state index contributed by atoms with van der Waals surface area (Å²) >= 11 is 1.98. The highest BCUT2D eigenvalue weighted by Crippen LogP contribution is 2.47. The van der Waals surface area contributed by atoms with E-state index in [9.17, 15) is 0 Å². The molecular weight excluding hydrogens is 421 g/mol. The monoisotopic (exact) mass is 453 g/mol. The van der Waals surface area contributed by atoms with Crippen LogP contribution in [-0.2, 0) is 4.74 Å². The number of thioether (sulfide) groups is 1. The molecule has 134 valence electrons. The summed E-state index contributed by atoms with van der Waals surface area (Å²) in [6, 6.07) is 0. The van der Waals surface area contributed by atoms with E-state index in [0.29, 0.717) is 17.0 Å². The normalized spacial score (nSPS) is 32.9. The third-order valence-electron chi connectivity index (χ3n) is 6.25. The number of likely N-dealkylation sites (tertiary alicyclic amines) is 1. The van der Waals surface area contributed by atoms with Crippen LogP contribution in [-0.4, -0.2) is 60.8 Å². The summed E-state index contributed by atoms with van der Waals surface area (Å²) in [5.41, 5.74) is 0. The highest BCUT2D eigenvalue weighted by atomic mass is 127. The lowest BCUT2D eigenvalue weighted by Crippen LogP contribution is -2.47. The fraction of sp³-hybridized carbons (Fsp3) is 0.941. The van der Waals surface area contributed by atoms with E-state index in [-0.39, 0.29) is 24.0 Å². The maximum absolute atomic E-state index is 6.08. The molecule has 3 fully saturated rings. The zero-order valence-electron chi connectivity index (χ0n) is 14.9. The number of nitrogens with one attached hydrogen (secondary N) is 1. The van der Waals surface area contributed by atoms with Crippen LogP contribution in [0.3, 0.4) is 0 Å². The van der Waals surface area contributed by atoms with E-state index >= 15 is 0 Å². The molecule has 6 heteroatoms. The zero-order valence-corrected chi connectivity index (χ0v) is 18.0. The van der Waals surface area contributed by atoms with E-state index < -0.39 is 0 Å². The van der Waals surface area contributed by atoms with Gasteiger partial charge in [0.2, 0.25) is 0 Å². The largest absolute Gasteiger partial charge is 0.374 e. The Morgan fingerprint density at radius 1 is 1.22 bits per heavy atom. The van der Waals surface area contributed by atoms with Crippen molar-refractivity contribution in [1.82, 2.24) is 10.2 Å². The van der Waals surface area contributed by atoms with Gasteiger partial charge in [-0.2, -0.15) is 11.8 Å². The molecule has 4 atom stereocenters. The number of ether oxygens (including phenoxy) is 1. The molecule has 0 aromatic heterocycles. The highest BCUT2D eigenvalue weighted by molar-refractivity contribution is 14.0. The van der Waals surface area contributed by atoms with Crippen molar-refractivity contribution in [1.29, 1.82) is 0 Å². The smallest absolute Gasteiger partial charge is 0.193 e. The minimum Gasteiger partial charge on any atom is -0.374 e. The Hall–Kier alpha value is 0.310. The molecule has 0 amide bonds. The van der Waals surface area contributed by atoms with E-state index in [1.165, 1.54) is 25.7 Å². The van der Waals surface area contributed by atoms with E-state index in [0.717, 1.165) is 37.4 Å². The average Bonchev–Trinajstić information content (AvgIpc) is 3.24. The summed E-state index contributed by atoms with van der Waals surface area (Å²) in [5.74, 6) is 2.56. The van der Waals surface area contributed by atoms with Crippen molar-refractivity contribution in [2.75, 3.05) is 32.9 Å². The predicted molar refractivity (Wildman–Crippen MR) is 110 cm³/mol. The van der Waals surface area contributed by atoms with Crippen LogP contribution in [0.25, 0.3) is 0 Å². The molecule has 0 radical (unpaired) electrons. The summed E-state index contributed by atoms with van der Waals surface area (Å²) in [4.78, 5) is 7.03. The predicted octanol–water partition coefficient (Wildman–Crippen LogP) is 3.21. The van der Waals surface area contributed by atoms with Crippen molar-refractivity contribution >= 4 is 41.7 Å². The van der Waals surface area contributed by atoms with Crippen molar-refractivity contribution < 1.29 is 4.74 Å². The minimum absolute atomic E-state index is 0. The Bertz CT molecular complexity index is 404. The van der Waals surface area contributed by atoms with E-state index in [4.69, 9.17) is 4.74 Å². The number of hydrogen-bond acceptors (Lipinski definition) is 3. The molecule has 3 rings (SSSR count). The van der Waals surface area contributed by atoms with Gasteiger partial charge in [-0.1, -0.05) is 13.8 Å². The number of guanidine groups is 1. The maximum Gasteiger partial charge on any atom is 0.193 e. The first-order valence-electron chi connectivity index (χ1n) is 8.82. The molecule has 0 saturated carbocycles. The fourth-order valence-electron chi connectivity index (χ4n) is 4.57. The highest BCUT2D eigenvalue weighted by Gasteiger charge is 2.53. The van der Waals surface area contributed by atoms with E-state index in [1.54, 1.807) is 0 Å². The van der Waals surface area contributed by atoms with Gasteiger partial charge in [0.05, 0.1) is 12.2 Å². The van der Waals surface area contributed by atoms with Gasteiger partial charge in [0.15, 0.2) is 5.96 Å². The first-order valence-corrected chi connectivity index (χ1v) is 10.0. The lowest BCUT2D eigenvalue weighted by atomic mass is 9.82.